The molecule has 0 unspecified atom stereocenters. The smallest absolute Gasteiger partial charge is 0.339 e. The van der Waals surface area contributed by atoms with Gasteiger partial charge in [0.2, 0.25) is 10.0 Å². The van der Waals surface area contributed by atoms with Crippen molar-refractivity contribution in [2.45, 2.75) is 11.3 Å². The quantitative estimate of drug-likeness (QED) is 0.593. The Morgan fingerprint density at radius 3 is 2.60 bits per heavy atom. The number of nitrogens with one attached hydrogen (secondary N) is 1. The number of methoxy groups -OCH3 is 1. The minimum atomic E-state index is -3.70. The van der Waals surface area contributed by atoms with Crippen LogP contribution < -0.4 is 5.32 Å². The van der Waals surface area contributed by atoms with Crippen molar-refractivity contribution in [3.8, 4) is 0 Å². The molecule has 0 aliphatic carbocycles. The van der Waals surface area contributed by atoms with Crippen molar-refractivity contribution in [1.82, 2.24) is 9.62 Å². The number of carbonyl (C=O) groups is 1. The number of ether oxygens (including phenoxy) is 1. The van der Waals surface area contributed by atoms with Gasteiger partial charge in [-0.15, -0.1) is 0 Å². The minimum Gasteiger partial charge on any atom is -0.465 e. The number of sulfonamides is 1. The maximum Gasteiger partial charge on any atom is 0.339 e. The van der Waals surface area contributed by atoms with Crippen LogP contribution in [-0.4, -0.2) is 53.0 Å². The second-order valence-electron chi connectivity index (χ2n) is 4.27. The van der Waals surface area contributed by atoms with Gasteiger partial charge in [-0.25, -0.2) is 17.5 Å². The summed E-state index contributed by atoms with van der Waals surface area (Å²) in [6.45, 7) is 1.09. The lowest BCUT2D eigenvalue weighted by Crippen LogP contribution is -2.30. The zero-order valence-electron chi connectivity index (χ0n) is 11.9. The molecule has 7 heteroatoms. The summed E-state index contributed by atoms with van der Waals surface area (Å²) in [5, 5.41) is 2.96. The first-order valence-corrected chi connectivity index (χ1v) is 7.67. The molecule has 112 valence electrons. The first-order valence-electron chi connectivity index (χ1n) is 6.23. The third kappa shape index (κ3) is 3.78. The third-order valence-electron chi connectivity index (χ3n) is 2.88. The summed E-state index contributed by atoms with van der Waals surface area (Å²) in [6, 6.07) is 6.04. The van der Waals surface area contributed by atoms with Crippen LogP contribution in [0.4, 0.5) is 0 Å². The number of rotatable bonds is 7. The molecule has 0 saturated carbocycles. The number of esters is 1. The summed E-state index contributed by atoms with van der Waals surface area (Å²) >= 11 is 0. The highest BCUT2D eigenvalue weighted by Crippen LogP contribution is 2.20. The molecule has 6 nitrogen and oxygen atoms in total. The molecule has 0 spiro atoms. The lowest BCUT2D eigenvalue weighted by Gasteiger charge is -2.18. The highest BCUT2D eigenvalue weighted by molar-refractivity contribution is 7.89. The highest BCUT2D eigenvalue weighted by atomic mass is 32.2. The second-order valence-corrected chi connectivity index (χ2v) is 6.28. The van der Waals surface area contributed by atoms with Crippen molar-refractivity contribution in [2.75, 3.05) is 34.3 Å². The van der Waals surface area contributed by atoms with Gasteiger partial charge in [0.15, 0.2) is 0 Å². The van der Waals surface area contributed by atoms with Crippen LogP contribution in [0.25, 0.3) is 0 Å². The summed E-state index contributed by atoms with van der Waals surface area (Å²) in [4.78, 5) is 11.6. The van der Waals surface area contributed by atoms with Crippen LogP contribution in [0.5, 0.6) is 0 Å². The van der Waals surface area contributed by atoms with E-state index in [2.05, 4.69) is 10.1 Å². The number of benzene rings is 1. The molecule has 1 N–H and O–H groups in total. The topological polar surface area (TPSA) is 75.7 Å². The second kappa shape index (κ2) is 7.37. The van der Waals surface area contributed by atoms with Crippen molar-refractivity contribution >= 4 is 16.0 Å². The monoisotopic (exact) mass is 300 g/mol. The van der Waals surface area contributed by atoms with Gasteiger partial charge in [0.05, 0.1) is 17.6 Å². The molecule has 0 aromatic heterocycles. The van der Waals surface area contributed by atoms with Gasteiger partial charge in [0, 0.05) is 13.6 Å². The summed E-state index contributed by atoms with van der Waals surface area (Å²) in [5.74, 6) is -0.659. The SMILES string of the molecule is CNCCCN(C)S(=O)(=O)c1ccccc1C(=O)OC. The van der Waals surface area contributed by atoms with Gasteiger partial charge < -0.3 is 10.1 Å². The van der Waals surface area contributed by atoms with Crippen LogP contribution in [0.1, 0.15) is 16.8 Å². The van der Waals surface area contributed by atoms with E-state index in [0.29, 0.717) is 13.0 Å². The molecular formula is C13H20N2O4S. The average molecular weight is 300 g/mol. The lowest BCUT2D eigenvalue weighted by molar-refractivity contribution is 0.0596. The Morgan fingerprint density at radius 2 is 2.00 bits per heavy atom. The summed E-state index contributed by atoms with van der Waals surface area (Å²) in [7, 11) is 0.830. The van der Waals surface area contributed by atoms with E-state index in [-0.39, 0.29) is 10.5 Å². The summed E-state index contributed by atoms with van der Waals surface area (Å²) in [6.07, 6.45) is 0.687. The molecule has 0 fully saturated rings. The maximum absolute atomic E-state index is 12.5. The van der Waals surface area contributed by atoms with Crippen LogP contribution >= 0.6 is 0 Å². The van der Waals surface area contributed by atoms with Gasteiger partial charge in [-0.2, -0.15) is 0 Å². The van der Waals surface area contributed by atoms with E-state index in [9.17, 15) is 13.2 Å². The predicted octanol–water partition coefficient (Wildman–Crippen LogP) is 0.703. The van der Waals surface area contributed by atoms with Crippen molar-refractivity contribution in [1.29, 1.82) is 0 Å². The van der Waals surface area contributed by atoms with E-state index in [1.807, 2.05) is 0 Å². The Hall–Kier alpha value is -1.44. The van der Waals surface area contributed by atoms with Gasteiger partial charge in [0.1, 0.15) is 0 Å². The summed E-state index contributed by atoms with van der Waals surface area (Å²) < 4.78 is 30.8. The molecule has 0 atom stereocenters. The van der Waals surface area contributed by atoms with E-state index in [4.69, 9.17) is 0 Å². The molecule has 0 bridgehead atoms. The molecule has 1 aromatic rings. The van der Waals surface area contributed by atoms with Crippen molar-refractivity contribution in [2.24, 2.45) is 0 Å². The van der Waals surface area contributed by atoms with Gasteiger partial charge in [-0.05, 0) is 32.1 Å². The fraction of sp³-hybridized carbons (Fsp3) is 0.462. The van der Waals surface area contributed by atoms with Crippen LogP contribution in [0.15, 0.2) is 29.2 Å². The van der Waals surface area contributed by atoms with Gasteiger partial charge in [-0.1, -0.05) is 12.1 Å². The lowest BCUT2D eigenvalue weighted by atomic mass is 10.2. The van der Waals surface area contributed by atoms with Gasteiger partial charge in [-0.3, -0.25) is 0 Å². The average Bonchev–Trinajstić information content (AvgIpc) is 2.46. The molecule has 0 radical (unpaired) electrons. The van der Waals surface area contributed by atoms with Gasteiger partial charge in [0.25, 0.3) is 0 Å². The maximum atomic E-state index is 12.5. The zero-order chi connectivity index (χ0) is 15.2. The van der Waals surface area contributed by atoms with Crippen LogP contribution in [0.3, 0.4) is 0 Å². The van der Waals surface area contributed by atoms with E-state index >= 15 is 0 Å². The fourth-order valence-corrected chi connectivity index (χ4v) is 3.12. The Morgan fingerprint density at radius 1 is 1.35 bits per heavy atom. The number of carbonyl (C=O) groups excluding carboxylic acids is 1. The first kappa shape index (κ1) is 16.6. The molecular weight excluding hydrogens is 280 g/mol. The Labute approximate surface area is 119 Å². The highest BCUT2D eigenvalue weighted by Gasteiger charge is 2.26. The molecule has 20 heavy (non-hydrogen) atoms. The molecule has 1 aromatic carbocycles. The molecule has 0 aliphatic heterocycles. The van der Waals surface area contributed by atoms with Crippen LogP contribution in [0, 0.1) is 0 Å². The van der Waals surface area contributed by atoms with Crippen molar-refractivity contribution < 1.29 is 17.9 Å². The van der Waals surface area contributed by atoms with E-state index in [0.717, 1.165) is 6.54 Å². The first-order chi connectivity index (χ1) is 9.45. The summed E-state index contributed by atoms with van der Waals surface area (Å²) in [5.41, 5.74) is 0.0514. The Balaban J connectivity index is 3.06. The number of hydrogen-bond donors (Lipinski definition) is 1. The molecule has 1 rings (SSSR count). The molecule has 0 amide bonds. The third-order valence-corrected chi connectivity index (χ3v) is 4.80. The minimum absolute atomic E-state index is 0.0289. The van der Waals surface area contributed by atoms with Crippen molar-refractivity contribution in [3.05, 3.63) is 29.8 Å². The normalized spacial score (nSPS) is 11.6. The zero-order valence-corrected chi connectivity index (χ0v) is 12.7. The standard InChI is InChI=1S/C13H20N2O4S/c1-14-9-6-10-15(2)20(17,18)12-8-5-4-7-11(12)13(16)19-3/h4-5,7-8,14H,6,9-10H2,1-3H3. The van der Waals surface area contributed by atoms with E-state index in [1.54, 1.807) is 19.2 Å². The van der Waals surface area contributed by atoms with E-state index < -0.39 is 16.0 Å². The molecule has 0 saturated heterocycles. The van der Waals surface area contributed by atoms with E-state index in [1.165, 1.54) is 30.6 Å². The van der Waals surface area contributed by atoms with Gasteiger partial charge >= 0.3 is 5.97 Å². The Kier molecular flexibility index (Phi) is 6.12. The Bertz CT molecular complexity index is 557. The molecule has 0 heterocycles. The van der Waals surface area contributed by atoms with Crippen molar-refractivity contribution in [3.63, 3.8) is 0 Å². The fourth-order valence-electron chi connectivity index (χ4n) is 1.74. The van der Waals surface area contributed by atoms with Crippen LogP contribution in [0.2, 0.25) is 0 Å². The molecule has 0 aliphatic rings. The predicted molar refractivity (Wildman–Crippen MR) is 76.1 cm³/mol. The number of hydrogen-bond acceptors (Lipinski definition) is 5. The number of nitrogens with zero attached hydrogens (tertiary/aromatic N) is 1. The van der Waals surface area contributed by atoms with Crippen LogP contribution in [-0.2, 0) is 14.8 Å². The largest absolute Gasteiger partial charge is 0.465 e.